The zero-order chi connectivity index (χ0) is 12.1. The van der Waals surface area contributed by atoms with E-state index in [-0.39, 0.29) is 5.91 Å². The number of carbonyl (C=O) groups is 1. The highest BCUT2D eigenvalue weighted by Gasteiger charge is 2.04. The van der Waals surface area contributed by atoms with Crippen LogP contribution in [0.4, 0.5) is 0 Å². The minimum Gasteiger partial charge on any atom is -0.349 e. The summed E-state index contributed by atoms with van der Waals surface area (Å²) in [7, 11) is 5.45. The van der Waals surface area contributed by atoms with Gasteiger partial charge in [0.1, 0.15) is 0 Å². The van der Waals surface area contributed by atoms with Crippen molar-refractivity contribution >= 4 is 5.91 Å². The van der Waals surface area contributed by atoms with Gasteiger partial charge in [0, 0.05) is 52.4 Å². The lowest BCUT2D eigenvalue weighted by molar-refractivity contribution is -0.128. The highest BCUT2D eigenvalue weighted by Crippen LogP contribution is 2.03. The summed E-state index contributed by atoms with van der Waals surface area (Å²) in [6.45, 7) is 3.45. The van der Waals surface area contributed by atoms with Crippen LogP contribution in [-0.4, -0.2) is 41.2 Å². The number of hydrogen-bond acceptors (Lipinski definition) is 3. The van der Waals surface area contributed by atoms with Crippen LogP contribution in [-0.2, 0) is 18.4 Å². The van der Waals surface area contributed by atoms with Crippen molar-refractivity contribution in [3.63, 3.8) is 0 Å². The molecule has 0 unspecified atom stereocenters. The lowest BCUT2D eigenvalue weighted by atomic mass is 10.2. The fraction of sp³-hybridized carbons (Fsp3) is 0.636. The molecule has 1 rings (SSSR count). The third-order valence-electron chi connectivity index (χ3n) is 2.45. The molecule has 0 atom stereocenters. The van der Waals surface area contributed by atoms with E-state index in [1.165, 1.54) is 5.56 Å². The number of carbonyl (C=O) groups excluding carboxylic acids is 1. The van der Waals surface area contributed by atoms with E-state index in [1.807, 2.05) is 20.2 Å². The highest BCUT2D eigenvalue weighted by atomic mass is 16.2. The van der Waals surface area contributed by atoms with Crippen molar-refractivity contribution in [3.05, 3.63) is 17.5 Å². The molecule has 1 aromatic heterocycles. The van der Waals surface area contributed by atoms with Gasteiger partial charge in [0.05, 0.1) is 5.69 Å². The van der Waals surface area contributed by atoms with Crippen molar-refractivity contribution in [1.82, 2.24) is 20.0 Å². The van der Waals surface area contributed by atoms with Gasteiger partial charge in [-0.15, -0.1) is 0 Å². The van der Waals surface area contributed by atoms with Gasteiger partial charge in [0.2, 0.25) is 5.91 Å². The first-order valence-corrected chi connectivity index (χ1v) is 5.40. The minimum atomic E-state index is 0.149. The largest absolute Gasteiger partial charge is 0.349 e. The van der Waals surface area contributed by atoms with Crippen LogP contribution in [0.1, 0.15) is 17.7 Å². The molecule has 0 aliphatic rings. The van der Waals surface area contributed by atoms with Crippen LogP contribution < -0.4 is 5.32 Å². The van der Waals surface area contributed by atoms with E-state index in [4.69, 9.17) is 0 Å². The summed E-state index contributed by atoms with van der Waals surface area (Å²) >= 11 is 0. The molecule has 5 heteroatoms. The summed E-state index contributed by atoms with van der Waals surface area (Å²) in [4.78, 5) is 12.9. The first-order chi connectivity index (χ1) is 7.50. The van der Waals surface area contributed by atoms with Gasteiger partial charge in [-0.1, -0.05) is 0 Å². The van der Waals surface area contributed by atoms with Gasteiger partial charge in [0.25, 0.3) is 0 Å². The molecule has 0 aromatic carbocycles. The predicted octanol–water partition coefficient (Wildman–Crippen LogP) is 0.296. The van der Waals surface area contributed by atoms with Crippen LogP contribution in [0, 0.1) is 6.92 Å². The molecule has 16 heavy (non-hydrogen) atoms. The molecule has 0 aliphatic heterocycles. The minimum absolute atomic E-state index is 0.149. The Morgan fingerprint density at radius 2 is 2.25 bits per heavy atom. The summed E-state index contributed by atoms with van der Waals surface area (Å²) in [5.74, 6) is 0.149. The third-order valence-corrected chi connectivity index (χ3v) is 2.45. The monoisotopic (exact) mass is 224 g/mol. The third kappa shape index (κ3) is 3.66. The predicted molar refractivity (Wildman–Crippen MR) is 63.0 cm³/mol. The molecule has 0 bridgehead atoms. The smallest absolute Gasteiger partial charge is 0.223 e. The molecular formula is C11H20N4O. The lowest BCUT2D eigenvalue weighted by Gasteiger charge is -2.10. The fourth-order valence-corrected chi connectivity index (χ4v) is 1.46. The van der Waals surface area contributed by atoms with Crippen LogP contribution in [0.25, 0.3) is 0 Å². The molecule has 0 saturated heterocycles. The van der Waals surface area contributed by atoms with Crippen LogP contribution >= 0.6 is 0 Å². The maximum absolute atomic E-state index is 11.3. The second-order valence-corrected chi connectivity index (χ2v) is 4.13. The number of nitrogens with one attached hydrogen (secondary N) is 1. The van der Waals surface area contributed by atoms with E-state index in [0.29, 0.717) is 13.0 Å². The van der Waals surface area contributed by atoms with E-state index in [9.17, 15) is 4.79 Å². The van der Waals surface area contributed by atoms with Crippen LogP contribution in [0.3, 0.4) is 0 Å². The number of amides is 1. The molecule has 5 nitrogen and oxygen atoms in total. The summed E-state index contributed by atoms with van der Waals surface area (Å²) in [6, 6.07) is 0. The molecular weight excluding hydrogens is 204 g/mol. The van der Waals surface area contributed by atoms with Gasteiger partial charge in [0.15, 0.2) is 0 Å². The summed E-state index contributed by atoms with van der Waals surface area (Å²) in [5.41, 5.74) is 2.22. The SMILES string of the molecule is Cc1nn(C)cc1CNCCC(=O)N(C)C. The Morgan fingerprint density at radius 1 is 1.56 bits per heavy atom. The average Bonchev–Trinajstić information content (AvgIpc) is 2.51. The Kier molecular flexibility index (Phi) is 4.49. The lowest BCUT2D eigenvalue weighted by Crippen LogP contribution is -2.26. The standard InChI is InChI=1S/C11H20N4O/c1-9-10(8-15(4)13-9)7-12-6-5-11(16)14(2)3/h8,12H,5-7H2,1-4H3. The number of hydrogen-bond donors (Lipinski definition) is 1. The first kappa shape index (κ1) is 12.7. The van der Waals surface area contributed by atoms with Crippen molar-refractivity contribution in [2.75, 3.05) is 20.6 Å². The van der Waals surface area contributed by atoms with Gasteiger partial charge >= 0.3 is 0 Å². The zero-order valence-electron chi connectivity index (χ0n) is 10.4. The number of aromatic nitrogens is 2. The number of nitrogens with zero attached hydrogens (tertiary/aromatic N) is 3. The Morgan fingerprint density at radius 3 is 2.75 bits per heavy atom. The van der Waals surface area contributed by atoms with E-state index < -0.39 is 0 Å². The van der Waals surface area contributed by atoms with Crippen molar-refractivity contribution in [2.24, 2.45) is 7.05 Å². The Bertz CT molecular complexity index is 357. The summed E-state index contributed by atoms with van der Waals surface area (Å²) < 4.78 is 1.80. The number of rotatable bonds is 5. The van der Waals surface area contributed by atoms with Crippen molar-refractivity contribution in [2.45, 2.75) is 19.9 Å². The second-order valence-electron chi connectivity index (χ2n) is 4.13. The topological polar surface area (TPSA) is 50.2 Å². The number of aryl methyl sites for hydroxylation is 2. The molecule has 0 saturated carbocycles. The van der Waals surface area contributed by atoms with Crippen LogP contribution in [0.5, 0.6) is 0 Å². The second kappa shape index (κ2) is 5.65. The maximum Gasteiger partial charge on any atom is 0.223 e. The van der Waals surface area contributed by atoms with Gasteiger partial charge in [-0.2, -0.15) is 5.10 Å². The molecule has 1 heterocycles. The molecule has 0 aliphatic carbocycles. The van der Waals surface area contributed by atoms with Gasteiger partial charge in [-0.05, 0) is 6.92 Å². The zero-order valence-corrected chi connectivity index (χ0v) is 10.4. The van der Waals surface area contributed by atoms with E-state index >= 15 is 0 Å². The Labute approximate surface area is 96.4 Å². The summed E-state index contributed by atoms with van der Waals surface area (Å²) in [5, 5.41) is 7.50. The summed E-state index contributed by atoms with van der Waals surface area (Å²) in [6.07, 6.45) is 2.53. The normalized spacial score (nSPS) is 10.5. The van der Waals surface area contributed by atoms with E-state index in [2.05, 4.69) is 10.4 Å². The molecule has 1 amide bonds. The maximum atomic E-state index is 11.3. The van der Waals surface area contributed by atoms with Crippen molar-refractivity contribution < 1.29 is 4.79 Å². The Balaban J connectivity index is 2.26. The molecule has 0 spiro atoms. The van der Waals surface area contributed by atoms with Crippen molar-refractivity contribution in [1.29, 1.82) is 0 Å². The van der Waals surface area contributed by atoms with Crippen LogP contribution in [0.15, 0.2) is 6.20 Å². The van der Waals surface area contributed by atoms with Gasteiger partial charge < -0.3 is 10.2 Å². The molecule has 0 radical (unpaired) electrons. The molecule has 0 fully saturated rings. The van der Waals surface area contributed by atoms with E-state index in [0.717, 1.165) is 12.2 Å². The van der Waals surface area contributed by atoms with Crippen LogP contribution in [0.2, 0.25) is 0 Å². The Hall–Kier alpha value is -1.36. The van der Waals surface area contributed by atoms with Gasteiger partial charge in [-0.25, -0.2) is 0 Å². The quantitative estimate of drug-likeness (QED) is 0.732. The average molecular weight is 224 g/mol. The molecule has 90 valence electrons. The van der Waals surface area contributed by atoms with Gasteiger partial charge in [-0.3, -0.25) is 9.48 Å². The molecule has 1 aromatic rings. The van der Waals surface area contributed by atoms with E-state index in [1.54, 1.807) is 23.7 Å². The first-order valence-electron chi connectivity index (χ1n) is 5.40. The highest BCUT2D eigenvalue weighted by molar-refractivity contribution is 5.75. The fourth-order valence-electron chi connectivity index (χ4n) is 1.46. The van der Waals surface area contributed by atoms with Crippen molar-refractivity contribution in [3.8, 4) is 0 Å². The molecule has 1 N–H and O–H groups in total.